The number of benzene rings is 1. The number of rotatable bonds is 2. The average molecular weight is 309 g/mol. The number of aliphatic hydroxyl groups is 1. The van der Waals surface area contributed by atoms with Crippen molar-refractivity contribution in [2.75, 3.05) is 0 Å². The molecule has 1 aliphatic carbocycles. The number of hydrogen-bond donors (Lipinski definition) is 1. The molecule has 2 unspecified atom stereocenters. The summed E-state index contributed by atoms with van der Waals surface area (Å²) in [6.45, 7) is 1.87. The molecule has 0 bridgehead atoms. The lowest BCUT2D eigenvalue weighted by Gasteiger charge is -2.18. The summed E-state index contributed by atoms with van der Waals surface area (Å²) in [5.41, 5.74) is -2.04. The molecule has 94 valence electrons. The van der Waals surface area contributed by atoms with Gasteiger partial charge in [0.15, 0.2) is 0 Å². The van der Waals surface area contributed by atoms with Crippen molar-refractivity contribution < 1.29 is 18.3 Å². The minimum Gasteiger partial charge on any atom is -0.385 e. The molecule has 5 heteroatoms. The lowest BCUT2D eigenvalue weighted by molar-refractivity contribution is -0.139. The van der Waals surface area contributed by atoms with E-state index in [1.165, 1.54) is 12.1 Å². The van der Waals surface area contributed by atoms with Gasteiger partial charge in [-0.3, -0.25) is 0 Å². The molecule has 0 spiro atoms. The second-order valence-electron chi connectivity index (χ2n) is 4.42. The van der Waals surface area contributed by atoms with E-state index in [0.717, 1.165) is 6.07 Å². The van der Waals surface area contributed by atoms with Gasteiger partial charge in [0.05, 0.1) is 11.2 Å². The van der Waals surface area contributed by atoms with E-state index >= 15 is 0 Å². The maximum absolute atomic E-state index is 12.9. The Labute approximate surface area is 106 Å². The normalized spacial score (nSPS) is 28.2. The minimum absolute atomic E-state index is 0.0000463. The van der Waals surface area contributed by atoms with Crippen LogP contribution in [0.3, 0.4) is 0 Å². The molecule has 2 rings (SSSR count). The van der Waals surface area contributed by atoms with Gasteiger partial charge in [-0.05, 0) is 30.0 Å². The van der Waals surface area contributed by atoms with Crippen molar-refractivity contribution >= 4 is 15.9 Å². The molecule has 0 radical (unpaired) electrons. The van der Waals surface area contributed by atoms with Gasteiger partial charge in [0.2, 0.25) is 0 Å². The molecule has 2 atom stereocenters. The Bertz CT molecular complexity index is 444. The maximum Gasteiger partial charge on any atom is 0.416 e. The summed E-state index contributed by atoms with van der Waals surface area (Å²) in [5, 5.41) is 10.2. The highest BCUT2D eigenvalue weighted by atomic mass is 79.9. The molecular weight excluding hydrogens is 297 g/mol. The van der Waals surface area contributed by atoms with Crippen LogP contribution < -0.4 is 0 Å². The van der Waals surface area contributed by atoms with Crippen molar-refractivity contribution in [3.63, 3.8) is 0 Å². The number of hydrogen-bond acceptors (Lipinski definition) is 1. The monoisotopic (exact) mass is 308 g/mol. The van der Waals surface area contributed by atoms with Crippen LogP contribution in [-0.4, -0.2) is 5.11 Å². The molecule has 1 N–H and O–H groups in total. The van der Waals surface area contributed by atoms with Crippen molar-refractivity contribution in [3.05, 3.63) is 33.8 Å². The zero-order valence-corrected chi connectivity index (χ0v) is 10.8. The summed E-state index contributed by atoms with van der Waals surface area (Å²) in [6.07, 6.45) is -3.34. The lowest BCUT2D eigenvalue weighted by atomic mass is 9.98. The summed E-state index contributed by atoms with van der Waals surface area (Å²) < 4.78 is 39.0. The van der Waals surface area contributed by atoms with E-state index in [-0.39, 0.29) is 11.5 Å². The molecule has 0 heterocycles. The van der Waals surface area contributed by atoms with Gasteiger partial charge in [0.1, 0.15) is 0 Å². The van der Waals surface area contributed by atoms with Crippen LogP contribution in [0.4, 0.5) is 13.2 Å². The summed E-state index contributed by atoms with van der Waals surface area (Å²) in [6, 6.07) is 3.93. The van der Waals surface area contributed by atoms with Gasteiger partial charge >= 0.3 is 6.18 Å². The Hall–Kier alpha value is -0.550. The van der Waals surface area contributed by atoms with Gasteiger partial charge < -0.3 is 5.11 Å². The van der Waals surface area contributed by atoms with Gasteiger partial charge in [-0.25, -0.2) is 0 Å². The Balaban J connectivity index is 2.49. The van der Waals surface area contributed by atoms with Crippen molar-refractivity contribution in [1.82, 2.24) is 0 Å². The van der Waals surface area contributed by atoms with Gasteiger partial charge in [0, 0.05) is 4.47 Å². The van der Waals surface area contributed by atoms with E-state index in [4.69, 9.17) is 0 Å². The van der Waals surface area contributed by atoms with Crippen molar-refractivity contribution in [2.45, 2.75) is 31.5 Å². The van der Waals surface area contributed by atoms with E-state index in [0.29, 0.717) is 17.3 Å². The van der Waals surface area contributed by atoms with E-state index < -0.39 is 17.3 Å². The Morgan fingerprint density at radius 1 is 1.47 bits per heavy atom. The first-order valence-corrected chi connectivity index (χ1v) is 6.18. The fourth-order valence-electron chi connectivity index (χ4n) is 2.26. The molecule has 1 aliphatic rings. The summed E-state index contributed by atoms with van der Waals surface area (Å²) in [4.78, 5) is 0. The Morgan fingerprint density at radius 3 is 2.59 bits per heavy atom. The molecule has 0 aromatic heterocycles. The van der Waals surface area contributed by atoms with Crippen molar-refractivity contribution in [1.29, 1.82) is 0 Å². The van der Waals surface area contributed by atoms with Gasteiger partial charge in [-0.15, -0.1) is 0 Å². The Kier molecular flexibility index (Phi) is 3.02. The molecule has 0 aliphatic heterocycles. The van der Waals surface area contributed by atoms with Crippen LogP contribution in [0.5, 0.6) is 0 Å². The van der Waals surface area contributed by atoms with Crippen LogP contribution in [0.2, 0.25) is 0 Å². The highest BCUT2D eigenvalue weighted by Crippen LogP contribution is 2.56. The van der Waals surface area contributed by atoms with E-state index in [9.17, 15) is 18.3 Å². The van der Waals surface area contributed by atoms with Crippen LogP contribution in [0.15, 0.2) is 22.7 Å². The molecule has 0 amide bonds. The van der Waals surface area contributed by atoms with E-state index in [2.05, 4.69) is 15.9 Å². The first-order chi connectivity index (χ1) is 7.79. The topological polar surface area (TPSA) is 20.2 Å². The molecule has 1 fully saturated rings. The smallest absolute Gasteiger partial charge is 0.385 e. The third-order valence-corrected chi connectivity index (χ3v) is 3.81. The van der Waals surface area contributed by atoms with Crippen LogP contribution in [-0.2, 0) is 11.8 Å². The van der Waals surface area contributed by atoms with Crippen LogP contribution in [0.1, 0.15) is 30.9 Å². The van der Waals surface area contributed by atoms with Crippen molar-refractivity contribution in [2.24, 2.45) is 5.92 Å². The SMILES string of the molecule is CCC1CC1(O)c1ccc(Br)cc1C(F)(F)F. The summed E-state index contributed by atoms with van der Waals surface area (Å²) in [5.74, 6) is -0.0650. The quantitative estimate of drug-likeness (QED) is 0.872. The van der Waals surface area contributed by atoms with Crippen LogP contribution in [0, 0.1) is 5.92 Å². The van der Waals surface area contributed by atoms with Crippen LogP contribution >= 0.6 is 15.9 Å². The van der Waals surface area contributed by atoms with Crippen LogP contribution in [0.25, 0.3) is 0 Å². The molecule has 1 aromatic rings. The standard InChI is InChI=1S/C12H12BrF3O/c1-2-7-6-11(7,17)9-4-3-8(13)5-10(9)12(14,15)16/h3-5,7,17H,2,6H2,1H3. The second-order valence-corrected chi connectivity index (χ2v) is 5.34. The minimum atomic E-state index is -4.43. The third-order valence-electron chi connectivity index (χ3n) is 3.32. The second kappa shape index (κ2) is 3.99. The summed E-state index contributed by atoms with van der Waals surface area (Å²) >= 11 is 3.03. The highest BCUT2D eigenvalue weighted by molar-refractivity contribution is 9.10. The van der Waals surface area contributed by atoms with E-state index in [1.807, 2.05) is 6.92 Å². The van der Waals surface area contributed by atoms with Gasteiger partial charge in [0.25, 0.3) is 0 Å². The maximum atomic E-state index is 12.9. The zero-order chi connectivity index (χ0) is 12.8. The zero-order valence-electron chi connectivity index (χ0n) is 9.18. The first kappa shape index (κ1) is 12.9. The van der Waals surface area contributed by atoms with Crippen molar-refractivity contribution in [3.8, 4) is 0 Å². The fourth-order valence-corrected chi connectivity index (χ4v) is 2.62. The largest absolute Gasteiger partial charge is 0.416 e. The third kappa shape index (κ3) is 2.22. The van der Waals surface area contributed by atoms with E-state index in [1.54, 1.807) is 0 Å². The first-order valence-electron chi connectivity index (χ1n) is 5.38. The molecule has 1 nitrogen and oxygen atoms in total. The Morgan fingerprint density at radius 2 is 2.12 bits per heavy atom. The predicted octanol–water partition coefficient (Wildman–Crippen LogP) is 4.09. The molecule has 1 aromatic carbocycles. The van der Waals surface area contributed by atoms with Gasteiger partial charge in [-0.2, -0.15) is 13.2 Å². The highest BCUT2D eigenvalue weighted by Gasteiger charge is 2.55. The molecular formula is C12H12BrF3O. The molecule has 0 saturated heterocycles. The lowest BCUT2D eigenvalue weighted by Crippen LogP contribution is -2.17. The number of halogens is 4. The predicted molar refractivity (Wildman–Crippen MR) is 61.4 cm³/mol. The van der Waals surface area contributed by atoms with Gasteiger partial charge in [-0.1, -0.05) is 35.3 Å². The molecule has 17 heavy (non-hydrogen) atoms. The number of alkyl halides is 3. The average Bonchev–Trinajstić information content (AvgIpc) is 2.89. The fraction of sp³-hybridized carbons (Fsp3) is 0.500. The summed E-state index contributed by atoms with van der Waals surface area (Å²) in [7, 11) is 0. The molecule has 1 saturated carbocycles.